The lowest BCUT2D eigenvalue weighted by Crippen LogP contribution is -2.26. The molecule has 3 rings (SSSR count). The second kappa shape index (κ2) is 18.3. The number of carbonyl (C=O) groups is 2. The second-order valence-electron chi connectivity index (χ2n) is 11.1. The largest absolute Gasteiger partial charge is 0.461 e. The third-order valence-electron chi connectivity index (χ3n) is 7.52. The van der Waals surface area contributed by atoms with E-state index >= 15 is 0 Å². The van der Waals surface area contributed by atoms with Crippen LogP contribution in [0.5, 0.6) is 0 Å². The first-order chi connectivity index (χ1) is 20.0. The molecule has 6 nitrogen and oxygen atoms in total. The maximum Gasteiger partial charge on any atom is 0.322 e. The summed E-state index contributed by atoms with van der Waals surface area (Å²) in [7, 11) is 0. The minimum absolute atomic E-state index is 0.0465. The first-order valence-corrected chi connectivity index (χ1v) is 15.8. The van der Waals surface area contributed by atoms with E-state index in [9.17, 15) is 9.59 Å². The molecule has 0 aliphatic heterocycles. The zero-order valence-electron chi connectivity index (χ0n) is 25.5. The van der Waals surface area contributed by atoms with Crippen molar-refractivity contribution in [1.29, 1.82) is 0 Å². The number of furan rings is 1. The van der Waals surface area contributed by atoms with Gasteiger partial charge in [-0.15, -0.1) is 5.06 Å². The number of hydrogen-bond acceptors (Lipinski definition) is 5. The number of carbonyl (C=O) groups excluding carboxylic acids is 2. The Balaban J connectivity index is 1.49. The van der Waals surface area contributed by atoms with Crippen LogP contribution in [0.15, 0.2) is 52.9 Å². The van der Waals surface area contributed by atoms with Crippen LogP contribution in [0.4, 0.5) is 0 Å². The lowest BCUT2D eigenvalue weighted by atomic mass is 10.1. The zero-order chi connectivity index (χ0) is 29.3. The van der Waals surface area contributed by atoms with Crippen LogP contribution in [0.3, 0.4) is 0 Å². The Bertz CT molecular complexity index is 1180. The highest BCUT2D eigenvalue weighted by atomic mass is 16.7. The first kappa shape index (κ1) is 32.4. The van der Waals surface area contributed by atoms with E-state index in [4.69, 9.17) is 9.25 Å². The normalized spacial score (nSPS) is 11.3. The number of rotatable bonds is 20. The van der Waals surface area contributed by atoms with Gasteiger partial charge in [0.05, 0.1) is 13.1 Å². The number of hydrogen-bond donors (Lipinski definition) is 1. The maximum absolute atomic E-state index is 12.6. The van der Waals surface area contributed by atoms with E-state index in [0.717, 1.165) is 60.0 Å². The highest BCUT2D eigenvalue weighted by Gasteiger charge is 2.19. The summed E-state index contributed by atoms with van der Waals surface area (Å²) in [6.07, 6.45) is 15.7. The summed E-state index contributed by atoms with van der Waals surface area (Å²) in [5.41, 5.74) is 3.51. The van der Waals surface area contributed by atoms with Crippen LogP contribution in [0.2, 0.25) is 0 Å². The number of benzene rings is 2. The molecule has 0 aliphatic rings. The van der Waals surface area contributed by atoms with Crippen molar-refractivity contribution >= 4 is 22.8 Å². The number of hydroxylamine groups is 2. The average Bonchev–Trinajstić information content (AvgIpc) is 3.31. The second-order valence-corrected chi connectivity index (χ2v) is 11.1. The van der Waals surface area contributed by atoms with Crippen molar-refractivity contribution in [3.8, 4) is 0 Å². The van der Waals surface area contributed by atoms with Gasteiger partial charge in [0, 0.05) is 36.4 Å². The molecule has 0 unspecified atom stereocenters. The predicted octanol–water partition coefficient (Wildman–Crippen LogP) is 8.91. The molecule has 0 spiro atoms. The fraction of sp³-hybridized carbons (Fsp3) is 0.543. The van der Waals surface area contributed by atoms with Gasteiger partial charge < -0.3 is 14.6 Å². The fourth-order valence-electron chi connectivity index (χ4n) is 5.22. The number of fused-ring (bicyclic) bond motifs is 1. The van der Waals surface area contributed by atoms with E-state index in [2.05, 4.69) is 25.2 Å². The molecule has 41 heavy (non-hydrogen) atoms. The van der Waals surface area contributed by atoms with Crippen molar-refractivity contribution in [2.24, 2.45) is 0 Å². The van der Waals surface area contributed by atoms with Crippen LogP contribution < -0.4 is 5.32 Å². The van der Waals surface area contributed by atoms with Gasteiger partial charge in [-0.3, -0.25) is 9.59 Å². The molecule has 1 heterocycles. The van der Waals surface area contributed by atoms with Gasteiger partial charge in [0.2, 0.25) is 0 Å². The van der Waals surface area contributed by atoms with Crippen molar-refractivity contribution in [2.45, 2.75) is 117 Å². The van der Waals surface area contributed by atoms with Crippen LogP contribution in [0.1, 0.15) is 125 Å². The smallest absolute Gasteiger partial charge is 0.322 e. The first-order valence-electron chi connectivity index (χ1n) is 15.8. The summed E-state index contributed by atoms with van der Waals surface area (Å²) in [6, 6.07) is 15.5. The summed E-state index contributed by atoms with van der Waals surface area (Å²) in [5.74, 6) is 0.533. The predicted molar refractivity (Wildman–Crippen MR) is 166 cm³/mol. The Hall–Kier alpha value is -3.12. The molecule has 0 bridgehead atoms. The van der Waals surface area contributed by atoms with Gasteiger partial charge >= 0.3 is 5.97 Å². The highest BCUT2D eigenvalue weighted by molar-refractivity contribution is 5.94. The average molecular weight is 563 g/mol. The molecular formula is C35H50N2O4. The van der Waals surface area contributed by atoms with Crippen molar-refractivity contribution in [2.75, 3.05) is 6.54 Å². The van der Waals surface area contributed by atoms with Crippen LogP contribution in [-0.4, -0.2) is 23.5 Å². The van der Waals surface area contributed by atoms with E-state index in [1.807, 2.05) is 42.5 Å². The molecule has 6 heteroatoms. The molecule has 0 saturated heterocycles. The molecule has 0 atom stereocenters. The quantitative estimate of drug-likeness (QED) is 0.110. The molecule has 0 aliphatic carbocycles. The van der Waals surface area contributed by atoms with Crippen LogP contribution in [-0.2, 0) is 29.1 Å². The van der Waals surface area contributed by atoms with Gasteiger partial charge in [-0.2, -0.15) is 0 Å². The van der Waals surface area contributed by atoms with Gasteiger partial charge in [0.1, 0.15) is 11.3 Å². The zero-order valence-corrected chi connectivity index (χ0v) is 25.5. The molecule has 0 fully saturated rings. The molecule has 0 radical (unpaired) electrons. The Morgan fingerprint density at radius 3 is 2.07 bits per heavy atom. The highest BCUT2D eigenvalue weighted by Crippen LogP contribution is 2.29. The van der Waals surface area contributed by atoms with Crippen molar-refractivity contribution in [3.63, 3.8) is 0 Å². The molecule has 3 aromatic rings. The minimum atomic E-state index is -0.365. The lowest BCUT2D eigenvalue weighted by molar-refractivity contribution is -0.194. The van der Waals surface area contributed by atoms with Gasteiger partial charge in [-0.05, 0) is 36.6 Å². The molecule has 1 N–H and O–H groups in total. The third-order valence-corrected chi connectivity index (χ3v) is 7.52. The van der Waals surface area contributed by atoms with E-state index < -0.39 is 0 Å². The lowest BCUT2D eigenvalue weighted by Gasteiger charge is -2.21. The SMILES string of the molecule is CCCCCCCCCCCCNC(=O)c1ccc(CN(Cc2c(CCCC)oc3ccccc23)OC(C)=O)cc1. The maximum atomic E-state index is 12.6. The number of aryl methyl sites for hydroxylation is 1. The molecule has 1 aromatic heterocycles. The van der Waals surface area contributed by atoms with Crippen molar-refractivity contribution in [3.05, 3.63) is 71.0 Å². The number of nitrogens with zero attached hydrogens (tertiary/aromatic N) is 1. The number of nitrogens with one attached hydrogen (secondary N) is 1. The van der Waals surface area contributed by atoms with Gasteiger partial charge in [0.25, 0.3) is 5.91 Å². The third kappa shape index (κ3) is 11.3. The standard InChI is InChI=1S/C35H50N2O4/c1-4-6-8-9-10-11-12-13-14-17-25-36-35(39)30-23-21-29(22-24-30)26-37(41-28(3)38)27-32-31-18-15-16-20-33(31)40-34(32)19-7-5-2/h15-16,18,20-24H,4-14,17,19,25-27H2,1-3H3,(H,36,39). The van der Waals surface area contributed by atoms with Crippen LogP contribution >= 0.6 is 0 Å². The van der Waals surface area contributed by atoms with E-state index in [1.54, 1.807) is 5.06 Å². The van der Waals surface area contributed by atoms with Gasteiger partial charge in [0.15, 0.2) is 0 Å². The van der Waals surface area contributed by atoms with E-state index in [0.29, 0.717) is 25.2 Å². The van der Waals surface area contributed by atoms with E-state index in [-0.39, 0.29) is 11.9 Å². The summed E-state index contributed by atoms with van der Waals surface area (Å²) in [5, 5.41) is 5.77. The molecular weight excluding hydrogens is 512 g/mol. The van der Waals surface area contributed by atoms with Crippen molar-refractivity contribution < 1.29 is 18.8 Å². The van der Waals surface area contributed by atoms with Gasteiger partial charge in [-0.1, -0.05) is 108 Å². The molecule has 224 valence electrons. The fourth-order valence-corrected chi connectivity index (χ4v) is 5.22. The van der Waals surface area contributed by atoms with E-state index in [1.165, 1.54) is 58.3 Å². The molecule has 1 amide bonds. The molecule has 2 aromatic carbocycles. The molecule has 0 saturated carbocycles. The Labute approximate surface area is 246 Å². The summed E-state index contributed by atoms with van der Waals surface area (Å²) in [6.45, 7) is 7.38. The number of amides is 1. The van der Waals surface area contributed by atoms with Crippen molar-refractivity contribution in [1.82, 2.24) is 10.4 Å². The Kier molecular flexibility index (Phi) is 14.5. The summed E-state index contributed by atoms with van der Waals surface area (Å²) in [4.78, 5) is 30.2. The topological polar surface area (TPSA) is 71.8 Å². The van der Waals surface area contributed by atoms with Gasteiger partial charge in [-0.25, -0.2) is 0 Å². The monoisotopic (exact) mass is 562 g/mol. The summed E-state index contributed by atoms with van der Waals surface area (Å²) >= 11 is 0. The number of para-hydroxylation sites is 1. The number of unbranched alkanes of at least 4 members (excludes halogenated alkanes) is 10. The Morgan fingerprint density at radius 2 is 1.41 bits per heavy atom. The summed E-state index contributed by atoms with van der Waals surface area (Å²) < 4.78 is 6.17. The van der Waals surface area contributed by atoms with Crippen LogP contribution in [0, 0.1) is 0 Å². The Morgan fingerprint density at radius 1 is 0.780 bits per heavy atom. The minimum Gasteiger partial charge on any atom is -0.461 e. The van der Waals surface area contributed by atoms with Crippen LogP contribution in [0.25, 0.3) is 11.0 Å².